The first-order valence-electron chi connectivity index (χ1n) is 4.61. The zero-order valence-corrected chi connectivity index (χ0v) is 8.13. The smallest absolute Gasteiger partial charge is 0.0906 e. The summed E-state index contributed by atoms with van der Waals surface area (Å²) in [5.41, 5.74) is 2.70. The molecule has 2 nitrogen and oxygen atoms in total. The van der Waals surface area contributed by atoms with Crippen LogP contribution in [0.5, 0.6) is 0 Å². The molecule has 70 valence electrons. The molecule has 0 bridgehead atoms. The molecule has 1 aromatic rings. The SMILES string of the molecule is CNC1(c2ccc(C)cc2)COC1. The van der Waals surface area contributed by atoms with E-state index >= 15 is 0 Å². The van der Waals surface area contributed by atoms with Crippen molar-refractivity contribution in [3.63, 3.8) is 0 Å². The van der Waals surface area contributed by atoms with Crippen LogP contribution in [0.25, 0.3) is 0 Å². The molecule has 2 heteroatoms. The lowest BCUT2D eigenvalue weighted by molar-refractivity contribution is -0.0747. The number of ether oxygens (including phenoxy) is 1. The summed E-state index contributed by atoms with van der Waals surface area (Å²) in [6, 6.07) is 8.64. The number of benzene rings is 1. The minimum atomic E-state index is 0.0771. The Balaban J connectivity index is 2.28. The van der Waals surface area contributed by atoms with Crippen molar-refractivity contribution in [1.29, 1.82) is 0 Å². The summed E-state index contributed by atoms with van der Waals surface area (Å²) in [5.74, 6) is 0. The van der Waals surface area contributed by atoms with Crippen molar-refractivity contribution in [2.24, 2.45) is 0 Å². The van der Waals surface area contributed by atoms with Crippen LogP contribution in [-0.4, -0.2) is 20.3 Å². The van der Waals surface area contributed by atoms with Crippen molar-refractivity contribution in [3.8, 4) is 0 Å². The summed E-state index contributed by atoms with van der Waals surface area (Å²) >= 11 is 0. The fraction of sp³-hybridized carbons (Fsp3) is 0.455. The monoisotopic (exact) mass is 177 g/mol. The lowest BCUT2D eigenvalue weighted by Crippen LogP contribution is -2.56. The zero-order valence-electron chi connectivity index (χ0n) is 8.13. The molecule has 0 saturated carbocycles. The van der Waals surface area contributed by atoms with Gasteiger partial charge in [-0.05, 0) is 19.5 Å². The maximum Gasteiger partial charge on any atom is 0.0906 e. The van der Waals surface area contributed by atoms with Gasteiger partial charge in [0.15, 0.2) is 0 Å². The quantitative estimate of drug-likeness (QED) is 0.738. The minimum absolute atomic E-state index is 0.0771. The molecule has 0 radical (unpaired) electrons. The molecule has 1 N–H and O–H groups in total. The summed E-state index contributed by atoms with van der Waals surface area (Å²) < 4.78 is 5.25. The van der Waals surface area contributed by atoms with E-state index < -0.39 is 0 Å². The molecule has 0 amide bonds. The van der Waals surface area contributed by atoms with Gasteiger partial charge >= 0.3 is 0 Å². The highest BCUT2D eigenvalue weighted by atomic mass is 16.5. The molecule has 0 aromatic heterocycles. The molecular formula is C11H15NO. The molecule has 0 spiro atoms. The largest absolute Gasteiger partial charge is 0.377 e. The van der Waals surface area contributed by atoms with Crippen LogP contribution in [0.2, 0.25) is 0 Å². The Morgan fingerprint density at radius 3 is 2.23 bits per heavy atom. The maximum atomic E-state index is 5.25. The highest BCUT2D eigenvalue weighted by molar-refractivity contribution is 5.29. The van der Waals surface area contributed by atoms with Crippen LogP contribution in [0.1, 0.15) is 11.1 Å². The van der Waals surface area contributed by atoms with Gasteiger partial charge in [-0.1, -0.05) is 29.8 Å². The first kappa shape index (κ1) is 8.73. The summed E-state index contributed by atoms with van der Waals surface area (Å²) in [7, 11) is 1.99. The van der Waals surface area contributed by atoms with Crippen molar-refractivity contribution < 1.29 is 4.74 Å². The van der Waals surface area contributed by atoms with E-state index in [9.17, 15) is 0 Å². The number of hydrogen-bond acceptors (Lipinski definition) is 2. The van der Waals surface area contributed by atoms with Crippen LogP contribution in [0.3, 0.4) is 0 Å². The van der Waals surface area contributed by atoms with Gasteiger partial charge in [-0.15, -0.1) is 0 Å². The molecule has 0 atom stereocenters. The van der Waals surface area contributed by atoms with Crippen LogP contribution in [0.15, 0.2) is 24.3 Å². The maximum absolute atomic E-state index is 5.25. The standard InChI is InChI=1S/C11H15NO/c1-9-3-5-10(6-4-9)11(12-2)7-13-8-11/h3-6,12H,7-8H2,1-2H3. The summed E-state index contributed by atoms with van der Waals surface area (Å²) in [6.45, 7) is 3.67. The molecular weight excluding hydrogens is 162 g/mol. The lowest BCUT2D eigenvalue weighted by atomic mass is 9.88. The molecule has 1 aliphatic heterocycles. The third-order valence-corrected chi connectivity index (χ3v) is 2.78. The van der Waals surface area contributed by atoms with Gasteiger partial charge in [0.2, 0.25) is 0 Å². The van der Waals surface area contributed by atoms with E-state index in [-0.39, 0.29) is 5.54 Å². The van der Waals surface area contributed by atoms with Crippen molar-refractivity contribution in [2.75, 3.05) is 20.3 Å². The second-order valence-electron chi connectivity index (χ2n) is 3.69. The fourth-order valence-electron chi connectivity index (χ4n) is 1.63. The molecule has 1 saturated heterocycles. The van der Waals surface area contributed by atoms with Crippen LogP contribution in [0, 0.1) is 6.92 Å². The first-order valence-corrected chi connectivity index (χ1v) is 4.61. The van der Waals surface area contributed by atoms with E-state index in [4.69, 9.17) is 4.74 Å². The second-order valence-corrected chi connectivity index (χ2v) is 3.69. The molecule has 1 heterocycles. The van der Waals surface area contributed by atoms with Gasteiger partial charge in [0.25, 0.3) is 0 Å². The Morgan fingerprint density at radius 2 is 1.85 bits per heavy atom. The molecule has 2 rings (SSSR count). The van der Waals surface area contributed by atoms with Gasteiger partial charge in [-0.25, -0.2) is 0 Å². The Hall–Kier alpha value is -0.860. The Kier molecular flexibility index (Phi) is 2.10. The average molecular weight is 177 g/mol. The van der Waals surface area contributed by atoms with E-state index in [0.29, 0.717) is 0 Å². The Morgan fingerprint density at radius 1 is 1.23 bits per heavy atom. The van der Waals surface area contributed by atoms with E-state index in [1.165, 1.54) is 11.1 Å². The Bertz CT molecular complexity index is 282. The normalized spacial score (nSPS) is 19.5. The van der Waals surface area contributed by atoms with Gasteiger partial charge in [-0.2, -0.15) is 0 Å². The van der Waals surface area contributed by atoms with Gasteiger partial charge < -0.3 is 10.1 Å². The van der Waals surface area contributed by atoms with Crippen molar-refractivity contribution in [3.05, 3.63) is 35.4 Å². The topological polar surface area (TPSA) is 21.3 Å². The first-order chi connectivity index (χ1) is 6.27. The number of rotatable bonds is 2. The third kappa shape index (κ3) is 1.36. The molecule has 13 heavy (non-hydrogen) atoms. The summed E-state index contributed by atoms with van der Waals surface area (Å²) in [6.07, 6.45) is 0. The van der Waals surface area contributed by atoms with Gasteiger partial charge in [-0.3, -0.25) is 0 Å². The number of aryl methyl sites for hydroxylation is 1. The van der Waals surface area contributed by atoms with Gasteiger partial charge in [0, 0.05) is 0 Å². The van der Waals surface area contributed by atoms with Crippen molar-refractivity contribution in [1.82, 2.24) is 5.32 Å². The fourth-order valence-corrected chi connectivity index (χ4v) is 1.63. The van der Waals surface area contributed by atoms with Crippen molar-refractivity contribution in [2.45, 2.75) is 12.5 Å². The predicted octanol–water partition coefficient (Wildman–Crippen LogP) is 1.44. The van der Waals surface area contributed by atoms with Gasteiger partial charge in [0.05, 0.1) is 18.8 Å². The van der Waals surface area contributed by atoms with Crippen molar-refractivity contribution >= 4 is 0 Å². The molecule has 0 aliphatic carbocycles. The third-order valence-electron chi connectivity index (χ3n) is 2.78. The van der Waals surface area contributed by atoms with E-state index in [2.05, 4.69) is 36.5 Å². The van der Waals surface area contributed by atoms with E-state index in [1.807, 2.05) is 7.05 Å². The zero-order chi connectivity index (χ0) is 9.31. The molecule has 1 fully saturated rings. The lowest BCUT2D eigenvalue weighted by Gasteiger charge is -2.41. The highest BCUT2D eigenvalue weighted by Gasteiger charge is 2.38. The number of likely N-dealkylation sites (N-methyl/N-ethyl adjacent to an activating group) is 1. The summed E-state index contributed by atoms with van der Waals surface area (Å²) in [5, 5.41) is 3.33. The van der Waals surface area contributed by atoms with Crippen LogP contribution in [-0.2, 0) is 10.3 Å². The highest BCUT2D eigenvalue weighted by Crippen LogP contribution is 2.28. The number of hydrogen-bond donors (Lipinski definition) is 1. The molecule has 1 aromatic carbocycles. The molecule has 0 unspecified atom stereocenters. The van der Waals surface area contributed by atoms with E-state index in [1.54, 1.807) is 0 Å². The Labute approximate surface area is 78.9 Å². The average Bonchev–Trinajstić information content (AvgIpc) is 2.07. The number of nitrogens with one attached hydrogen (secondary N) is 1. The molecule has 1 aliphatic rings. The van der Waals surface area contributed by atoms with Crippen LogP contribution in [0.4, 0.5) is 0 Å². The van der Waals surface area contributed by atoms with Crippen LogP contribution >= 0.6 is 0 Å². The predicted molar refractivity (Wildman–Crippen MR) is 52.7 cm³/mol. The van der Waals surface area contributed by atoms with Gasteiger partial charge in [0.1, 0.15) is 0 Å². The summed E-state index contributed by atoms with van der Waals surface area (Å²) in [4.78, 5) is 0. The van der Waals surface area contributed by atoms with Crippen LogP contribution < -0.4 is 5.32 Å². The second kappa shape index (κ2) is 3.13. The van der Waals surface area contributed by atoms with E-state index in [0.717, 1.165) is 13.2 Å². The minimum Gasteiger partial charge on any atom is -0.377 e.